The van der Waals surface area contributed by atoms with Crippen molar-refractivity contribution in [2.75, 3.05) is 6.61 Å². The van der Waals surface area contributed by atoms with Gasteiger partial charge in [-0.1, -0.05) is 20.3 Å². The monoisotopic (exact) mass is 228 g/mol. The average Bonchev–Trinajstić information content (AvgIpc) is 2.14. The molecule has 15 heavy (non-hydrogen) atoms. The molecule has 0 bridgehead atoms. The summed E-state index contributed by atoms with van der Waals surface area (Å²) >= 11 is 5.72. The van der Waals surface area contributed by atoms with E-state index in [1.54, 1.807) is 6.07 Å². The Balaban J connectivity index is 2.50. The molecule has 0 N–H and O–H groups in total. The Kier molecular flexibility index (Phi) is 4.82. The van der Waals surface area contributed by atoms with Crippen molar-refractivity contribution in [3.63, 3.8) is 0 Å². The highest BCUT2D eigenvalue weighted by atomic mass is 35.5. The Hall–Kier alpha value is -0.830. The molecular formula is C11H17ClN2O. The molecule has 0 fully saturated rings. The molecule has 0 saturated heterocycles. The average molecular weight is 229 g/mol. The minimum absolute atomic E-state index is 0.244. The Morgan fingerprint density at radius 1 is 1.47 bits per heavy atom. The van der Waals surface area contributed by atoms with Gasteiger partial charge >= 0.3 is 0 Å². The lowest BCUT2D eigenvalue weighted by Gasteiger charge is -2.11. The maximum Gasteiger partial charge on any atom is 0.225 e. The van der Waals surface area contributed by atoms with Crippen molar-refractivity contribution in [2.45, 2.75) is 33.6 Å². The Labute approximate surface area is 95.8 Å². The van der Waals surface area contributed by atoms with Crippen LogP contribution in [0.2, 0.25) is 5.28 Å². The minimum Gasteiger partial charge on any atom is -0.477 e. The van der Waals surface area contributed by atoms with Gasteiger partial charge in [0.1, 0.15) is 0 Å². The van der Waals surface area contributed by atoms with Gasteiger partial charge in [-0.2, -0.15) is 4.98 Å². The third-order valence-corrected chi connectivity index (χ3v) is 2.27. The van der Waals surface area contributed by atoms with E-state index in [1.807, 2.05) is 6.92 Å². The van der Waals surface area contributed by atoms with Crippen LogP contribution in [0.3, 0.4) is 0 Å². The standard InChI is InChI=1S/C11H17ClN2O/c1-4-5-8(2)7-15-10-6-9(3)13-11(12)14-10/h6,8H,4-5,7H2,1-3H3. The molecular weight excluding hydrogens is 212 g/mol. The highest BCUT2D eigenvalue weighted by Crippen LogP contribution is 2.14. The lowest BCUT2D eigenvalue weighted by Crippen LogP contribution is -2.09. The summed E-state index contributed by atoms with van der Waals surface area (Å²) in [6.07, 6.45) is 2.34. The van der Waals surface area contributed by atoms with E-state index in [9.17, 15) is 0 Å². The van der Waals surface area contributed by atoms with E-state index in [-0.39, 0.29) is 5.28 Å². The number of hydrogen-bond donors (Lipinski definition) is 0. The molecule has 3 nitrogen and oxygen atoms in total. The van der Waals surface area contributed by atoms with Crippen LogP contribution < -0.4 is 4.74 Å². The Bertz CT molecular complexity index is 297. The molecule has 0 saturated carbocycles. The first-order valence-electron chi connectivity index (χ1n) is 5.25. The number of nitrogens with zero attached hydrogens (tertiary/aromatic N) is 2. The smallest absolute Gasteiger partial charge is 0.225 e. The summed E-state index contributed by atoms with van der Waals surface area (Å²) in [5.41, 5.74) is 0.827. The fraction of sp³-hybridized carbons (Fsp3) is 0.636. The third-order valence-electron chi connectivity index (χ3n) is 2.10. The van der Waals surface area contributed by atoms with Gasteiger partial charge in [0.2, 0.25) is 11.2 Å². The summed E-state index contributed by atoms with van der Waals surface area (Å²) in [7, 11) is 0. The van der Waals surface area contributed by atoms with Crippen LogP contribution in [-0.4, -0.2) is 16.6 Å². The van der Waals surface area contributed by atoms with Crippen molar-refractivity contribution in [1.82, 2.24) is 9.97 Å². The van der Waals surface area contributed by atoms with E-state index >= 15 is 0 Å². The number of ether oxygens (including phenoxy) is 1. The van der Waals surface area contributed by atoms with Crippen molar-refractivity contribution in [1.29, 1.82) is 0 Å². The molecule has 1 aromatic heterocycles. The molecule has 1 heterocycles. The molecule has 1 aromatic rings. The lowest BCUT2D eigenvalue weighted by atomic mass is 10.1. The van der Waals surface area contributed by atoms with Crippen LogP contribution in [0.1, 0.15) is 32.4 Å². The van der Waals surface area contributed by atoms with Gasteiger partial charge in [-0.05, 0) is 30.9 Å². The van der Waals surface area contributed by atoms with Crippen LogP contribution in [0.4, 0.5) is 0 Å². The molecule has 4 heteroatoms. The predicted molar refractivity (Wildman–Crippen MR) is 61.3 cm³/mol. The number of halogens is 1. The van der Waals surface area contributed by atoms with Gasteiger partial charge in [0.15, 0.2) is 0 Å². The van der Waals surface area contributed by atoms with E-state index in [4.69, 9.17) is 16.3 Å². The quantitative estimate of drug-likeness (QED) is 0.726. The van der Waals surface area contributed by atoms with Gasteiger partial charge in [-0.15, -0.1) is 0 Å². The SMILES string of the molecule is CCCC(C)COc1cc(C)nc(Cl)n1. The Morgan fingerprint density at radius 3 is 2.80 bits per heavy atom. The maximum absolute atomic E-state index is 5.72. The molecule has 0 aliphatic carbocycles. The van der Waals surface area contributed by atoms with Crippen LogP contribution in [-0.2, 0) is 0 Å². The number of hydrogen-bond acceptors (Lipinski definition) is 3. The van der Waals surface area contributed by atoms with Crippen molar-refractivity contribution in [2.24, 2.45) is 5.92 Å². The summed E-state index contributed by atoms with van der Waals surface area (Å²) < 4.78 is 5.55. The van der Waals surface area contributed by atoms with Crippen LogP contribution >= 0.6 is 11.6 Å². The first-order valence-corrected chi connectivity index (χ1v) is 5.63. The van der Waals surface area contributed by atoms with Gasteiger partial charge in [0.05, 0.1) is 6.61 Å². The molecule has 0 amide bonds. The van der Waals surface area contributed by atoms with Gasteiger partial charge in [0, 0.05) is 11.8 Å². The molecule has 1 rings (SSSR count). The van der Waals surface area contributed by atoms with E-state index < -0.39 is 0 Å². The van der Waals surface area contributed by atoms with E-state index in [2.05, 4.69) is 23.8 Å². The first kappa shape index (κ1) is 12.2. The highest BCUT2D eigenvalue weighted by molar-refractivity contribution is 6.28. The van der Waals surface area contributed by atoms with Crippen molar-refractivity contribution in [3.8, 4) is 5.88 Å². The molecule has 0 aliphatic heterocycles. The number of aromatic nitrogens is 2. The topological polar surface area (TPSA) is 35.0 Å². The fourth-order valence-corrected chi connectivity index (χ4v) is 1.60. The van der Waals surface area contributed by atoms with Gasteiger partial charge in [-0.25, -0.2) is 4.98 Å². The zero-order valence-electron chi connectivity index (χ0n) is 9.46. The number of rotatable bonds is 5. The third kappa shape index (κ3) is 4.47. The maximum atomic E-state index is 5.72. The summed E-state index contributed by atoms with van der Waals surface area (Å²) in [4.78, 5) is 7.97. The minimum atomic E-state index is 0.244. The van der Waals surface area contributed by atoms with Crippen LogP contribution in [0.15, 0.2) is 6.07 Å². The zero-order valence-corrected chi connectivity index (χ0v) is 10.2. The normalized spacial score (nSPS) is 12.5. The van der Waals surface area contributed by atoms with Gasteiger partial charge < -0.3 is 4.74 Å². The van der Waals surface area contributed by atoms with E-state index in [0.29, 0.717) is 18.4 Å². The number of aryl methyl sites for hydroxylation is 1. The second-order valence-electron chi connectivity index (χ2n) is 3.82. The van der Waals surface area contributed by atoms with Gasteiger partial charge in [-0.3, -0.25) is 0 Å². The second-order valence-corrected chi connectivity index (χ2v) is 4.16. The summed E-state index contributed by atoms with van der Waals surface area (Å²) in [5.74, 6) is 1.11. The van der Waals surface area contributed by atoms with E-state index in [1.165, 1.54) is 6.42 Å². The zero-order chi connectivity index (χ0) is 11.3. The molecule has 1 unspecified atom stereocenters. The largest absolute Gasteiger partial charge is 0.477 e. The van der Waals surface area contributed by atoms with Crippen LogP contribution in [0, 0.1) is 12.8 Å². The lowest BCUT2D eigenvalue weighted by molar-refractivity contribution is 0.242. The Morgan fingerprint density at radius 2 is 2.20 bits per heavy atom. The molecule has 84 valence electrons. The highest BCUT2D eigenvalue weighted by Gasteiger charge is 2.04. The fourth-order valence-electron chi connectivity index (χ4n) is 1.38. The molecule has 0 aromatic carbocycles. The molecule has 1 atom stereocenters. The van der Waals surface area contributed by atoms with Crippen LogP contribution in [0.25, 0.3) is 0 Å². The molecule has 0 aliphatic rings. The molecule has 0 radical (unpaired) electrons. The van der Waals surface area contributed by atoms with Gasteiger partial charge in [0.25, 0.3) is 0 Å². The molecule has 0 spiro atoms. The summed E-state index contributed by atoms with van der Waals surface area (Å²) in [5, 5.41) is 0.244. The summed E-state index contributed by atoms with van der Waals surface area (Å²) in [6.45, 7) is 6.89. The van der Waals surface area contributed by atoms with Crippen molar-refractivity contribution < 1.29 is 4.74 Å². The van der Waals surface area contributed by atoms with Crippen molar-refractivity contribution in [3.05, 3.63) is 17.0 Å². The first-order chi connectivity index (χ1) is 7.11. The summed E-state index contributed by atoms with van der Waals surface area (Å²) in [6, 6.07) is 1.80. The predicted octanol–water partition coefficient (Wildman–Crippen LogP) is 3.25. The second kappa shape index (κ2) is 5.91. The van der Waals surface area contributed by atoms with Crippen molar-refractivity contribution >= 4 is 11.6 Å². The van der Waals surface area contributed by atoms with Crippen LogP contribution in [0.5, 0.6) is 5.88 Å². The van der Waals surface area contributed by atoms with E-state index in [0.717, 1.165) is 12.1 Å².